The van der Waals surface area contributed by atoms with E-state index >= 15 is 0 Å². The molecule has 0 heterocycles. The van der Waals surface area contributed by atoms with Crippen molar-refractivity contribution in [2.75, 3.05) is 0 Å². The van der Waals surface area contributed by atoms with Crippen LogP contribution in [0.5, 0.6) is 0 Å². The molecule has 14 heavy (non-hydrogen) atoms. The van der Waals surface area contributed by atoms with E-state index in [0.29, 0.717) is 0 Å². The molecule has 0 aliphatic heterocycles. The molecule has 0 fully saturated rings. The first kappa shape index (κ1) is 11.5. The first-order valence-corrected chi connectivity index (χ1v) is 4.19. The van der Waals surface area contributed by atoms with Crippen molar-refractivity contribution in [3.8, 4) is 0 Å². The van der Waals surface area contributed by atoms with E-state index in [1.165, 1.54) is 5.39 Å². The van der Waals surface area contributed by atoms with E-state index in [-0.39, 0.29) is 32.7 Å². The van der Waals surface area contributed by atoms with Gasteiger partial charge in [0.25, 0.3) is 0 Å². The summed E-state index contributed by atoms with van der Waals surface area (Å²) in [4.78, 5) is 4.13. The normalized spacial score (nSPS) is 10.4. The maximum absolute atomic E-state index is 4.13. The van der Waals surface area contributed by atoms with Crippen molar-refractivity contribution >= 4 is 22.7 Å². The molecule has 1 nitrogen and oxygen atoms in total. The first-order valence-electron chi connectivity index (χ1n) is 4.19. The minimum Gasteiger partial charge on any atom is -0.481 e. The zero-order valence-electron chi connectivity index (χ0n) is 7.99. The molecule has 67 valence electrons. The number of rotatable bonds is 1. The molecule has 0 atom stereocenters. The Morgan fingerprint density at radius 3 is 2.79 bits per heavy atom. The van der Waals surface area contributed by atoms with Crippen molar-refractivity contribution < 1.29 is 32.7 Å². The van der Waals surface area contributed by atoms with Gasteiger partial charge in [0, 0.05) is 32.7 Å². The SMILES string of the molecule is C[C-]=Nc1[c-]ccc2ccccc12.[Y]. The maximum atomic E-state index is 4.13. The molecule has 0 aliphatic carbocycles. The quantitative estimate of drug-likeness (QED) is 0.548. The largest absolute Gasteiger partial charge is 0.481 e. The Hall–Kier alpha value is -0.526. The van der Waals surface area contributed by atoms with Crippen LogP contribution in [0.25, 0.3) is 10.8 Å². The molecule has 0 unspecified atom stereocenters. The van der Waals surface area contributed by atoms with Crippen molar-refractivity contribution in [3.63, 3.8) is 0 Å². The van der Waals surface area contributed by atoms with Crippen molar-refractivity contribution in [1.29, 1.82) is 0 Å². The number of nitrogens with zero attached hydrogens (tertiary/aromatic N) is 1. The Balaban J connectivity index is 0.000000980. The summed E-state index contributed by atoms with van der Waals surface area (Å²) < 4.78 is 0. The Labute approximate surface area is 109 Å². The van der Waals surface area contributed by atoms with E-state index in [0.717, 1.165) is 11.1 Å². The third-order valence-electron chi connectivity index (χ3n) is 1.92. The predicted molar refractivity (Wildman–Crippen MR) is 55.6 cm³/mol. The number of fused-ring (bicyclic) bond motifs is 1. The molecule has 0 aliphatic rings. The summed E-state index contributed by atoms with van der Waals surface area (Å²) in [5.41, 5.74) is 0.862. The standard InChI is InChI=1S/C12H9N.Y/c1-2-13-12-9-5-7-10-6-3-4-8-11(10)12;/h3-8H,1H3;/q-2;. The number of hydrogen-bond donors (Lipinski definition) is 0. The number of hydrogen-bond acceptors (Lipinski definition) is 1. The summed E-state index contributed by atoms with van der Waals surface area (Å²) in [6.45, 7) is 1.79. The average molecular weight is 256 g/mol. The van der Waals surface area contributed by atoms with Crippen molar-refractivity contribution in [2.24, 2.45) is 4.99 Å². The number of benzene rings is 2. The minimum atomic E-state index is 0. The molecule has 2 aromatic carbocycles. The van der Waals surface area contributed by atoms with E-state index in [1.54, 1.807) is 6.92 Å². The van der Waals surface area contributed by atoms with Gasteiger partial charge in [0.1, 0.15) is 0 Å². The molecule has 0 aromatic heterocycles. The molecular formula is C12H9NY-2. The van der Waals surface area contributed by atoms with Crippen LogP contribution in [0.1, 0.15) is 6.92 Å². The fourth-order valence-corrected chi connectivity index (χ4v) is 1.35. The molecule has 0 saturated heterocycles. The Morgan fingerprint density at radius 1 is 1.21 bits per heavy atom. The fraction of sp³-hybridized carbons (Fsp3) is 0.0833. The van der Waals surface area contributed by atoms with Crippen molar-refractivity contribution in [2.45, 2.75) is 6.92 Å². The van der Waals surface area contributed by atoms with Gasteiger partial charge in [0.05, 0.1) is 0 Å². The smallest absolute Gasteiger partial charge is 0 e. The molecule has 0 saturated carbocycles. The Kier molecular flexibility index (Phi) is 4.44. The van der Waals surface area contributed by atoms with Crippen LogP contribution < -0.4 is 0 Å². The van der Waals surface area contributed by atoms with E-state index in [1.807, 2.05) is 30.3 Å². The molecule has 2 heteroatoms. The molecule has 0 amide bonds. The van der Waals surface area contributed by atoms with Gasteiger partial charge in [0.2, 0.25) is 0 Å². The molecule has 0 bridgehead atoms. The second kappa shape index (κ2) is 5.38. The Morgan fingerprint density at radius 2 is 2.00 bits per heavy atom. The molecule has 1 radical (unpaired) electrons. The zero-order valence-corrected chi connectivity index (χ0v) is 10.8. The summed E-state index contributed by atoms with van der Waals surface area (Å²) in [6, 6.07) is 15.1. The zero-order chi connectivity index (χ0) is 9.10. The Bertz CT molecular complexity index is 444. The van der Waals surface area contributed by atoms with Crippen LogP contribution in [0, 0.1) is 6.07 Å². The van der Waals surface area contributed by atoms with Crippen molar-refractivity contribution in [3.05, 3.63) is 42.5 Å². The minimum absolute atomic E-state index is 0. The van der Waals surface area contributed by atoms with Crippen LogP contribution >= 0.6 is 0 Å². The summed E-state index contributed by atoms with van der Waals surface area (Å²) in [5.74, 6) is 0. The van der Waals surface area contributed by atoms with E-state index in [2.05, 4.69) is 23.3 Å². The van der Waals surface area contributed by atoms with Crippen LogP contribution in [0.4, 0.5) is 5.69 Å². The molecule has 0 spiro atoms. The average Bonchev–Trinajstić information content (AvgIpc) is 2.19. The third kappa shape index (κ3) is 2.28. The fourth-order valence-electron chi connectivity index (χ4n) is 1.35. The first-order chi connectivity index (χ1) is 6.42. The summed E-state index contributed by atoms with van der Waals surface area (Å²) in [7, 11) is 0. The van der Waals surface area contributed by atoms with E-state index in [9.17, 15) is 0 Å². The third-order valence-corrected chi connectivity index (χ3v) is 1.92. The van der Waals surface area contributed by atoms with Gasteiger partial charge in [-0.1, -0.05) is 18.2 Å². The van der Waals surface area contributed by atoms with E-state index < -0.39 is 0 Å². The molecule has 2 rings (SSSR count). The molecular weight excluding hydrogens is 247 g/mol. The van der Waals surface area contributed by atoms with Gasteiger partial charge in [0.15, 0.2) is 0 Å². The monoisotopic (exact) mass is 256 g/mol. The summed E-state index contributed by atoms with van der Waals surface area (Å²) in [6.07, 6.45) is 2.77. The summed E-state index contributed by atoms with van der Waals surface area (Å²) in [5, 5.41) is 2.31. The van der Waals surface area contributed by atoms with Crippen LogP contribution in [0.2, 0.25) is 0 Å². The van der Waals surface area contributed by atoms with Crippen LogP contribution in [0.3, 0.4) is 0 Å². The van der Waals surface area contributed by atoms with Crippen molar-refractivity contribution in [1.82, 2.24) is 0 Å². The van der Waals surface area contributed by atoms with Gasteiger partial charge in [-0.15, -0.1) is 18.4 Å². The molecule has 2 aromatic rings. The van der Waals surface area contributed by atoms with Gasteiger partial charge >= 0.3 is 0 Å². The second-order valence-corrected chi connectivity index (χ2v) is 2.75. The van der Waals surface area contributed by atoms with Gasteiger partial charge in [-0.05, 0) is 0 Å². The maximum Gasteiger partial charge on any atom is 0 e. The van der Waals surface area contributed by atoms with Gasteiger partial charge in [-0.3, -0.25) is 6.07 Å². The van der Waals surface area contributed by atoms with Crippen LogP contribution in [0.15, 0.2) is 41.4 Å². The van der Waals surface area contributed by atoms with E-state index in [4.69, 9.17) is 0 Å². The molecule has 0 N–H and O–H groups in total. The van der Waals surface area contributed by atoms with Gasteiger partial charge < -0.3 is 4.99 Å². The second-order valence-electron chi connectivity index (χ2n) is 2.75. The van der Waals surface area contributed by atoms with Crippen LogP contribution in [-0.4, -0.2) is 6.21 Å². The summed E-state index contributed by atoms with van der Waals surface area (Å²) >= 11 is 0. The van der Waals surface area contributed by atoms with Gasteiger partial charge in [-0.25, -0.2) is 5.69 Å². The predicted octanol–water partition coefficient (Wildman–Crippen LogP) is 3.24. The topological polar surface area (TPSA) is 12.4 Å². The van der Waals surface area contributed by atoms with Gasteiger partial charge in [-0.2, -0.15) is 23.7 Å². The number of aliphatic imine (C=N–C) groups is 1. The van der Waals surface area contributed by atoms with Crippen LogP contribution in [-0.2, 0) is 32.7 Å².